The fraction of sp³-hybridized carbons (Fsp3) is 0.234. The first kappa shape index (κ1) is 43.8. The number of carboxylic acids is 1. The molecule has 2 aromatic carbocycles. The fourth-order valence-corrected chi connectivity index (χ4v) is 7.78. The Balaban J connectivity index is 0.000000157. The molecule has 2 saturated heterocycles. The smallest absolute Gasteiger partial charge is 0.356 e. The molecular formula is C47H48N14O3. The molecule has 2 aliphatic heterocycles. The van der Waals surface area contributed by atoms with E-state index in [1.54, 1.807) is 35.4 Å². The van der Waals surface area contributed by atoms with Crippen LogP contribution in [0, 0.1) is 17.9 Å². The molecule has 64 heavy (non-hydrogen) atoms. The van der Waals surface area contributed by atoms with Crippen molar-refractivity contribution in [2.24, 2.45) is 5.73 Å². The van der Waals surface area contributed by atoms with Crippen molar-refractivity contribution in [3.8, 4) is 17.4 Å². The zero-order valence-corrected chi connectivity index (χ0v) is 34.2. The van der Waals surface area contributed by atoms with Gasteiger partial charge >= 0.3 is 5.97 Å². The molecule has 17 nitrogen and oxygen atoms in total. The molecule has 324 valence electrons. The minimum Gasteiger partial charge on any atom is -0.476 e. The summed E-state index contributed by atoms with van der Waals surface area (Å²) in [6, 6.07) is 28.7. The topological polar surface area (TPSA) is 197 Å². The number of carbonyl (C=O) groups is 2. The fourth-order valence-electron chi connectivity index (χ4n) is 7.78. The molecule has 0 saturated carbocycles. The molecule has 0 aliphatic carbocycles. The van der Waals surface area contributed by atoms with E-state index in [9.17, 15) is 9.59 Å². The van der Waals surface area contributed by atoms with Gasteiger partial charge in [0.05, 0.1) is 40.5 Å². The minimum atomic E-state index is -1.06. The van der Waals surface area contributed by atoms with E-state index in [1.807, 2.05) is 96.0 Å². The maximum atomic E-state index is 12.8. The van der Waals surface area contributed by atoms with Crippen LogP contribution in [0.5, 0.6) is 0 Å². The number of carboxylic acid groups (broad SMARTS) is 1. The number of para-hydroxylation sites is 2. The van der Waals surface area contributed by atoms with Gasteiger partial charge in [-0.15, -0.1) is 0 Å². The van der Waals surface area contributed by atoms with Crippen LogP contribution in [0.15, 0.2) is 135 Å². The van der Waals surface area contributed by atoms with E-state index in [-0.39, 0.29) is 38.0 Å². The molecule has 2 atom stereocenters. The van der Waals surface area contributed by atoms with Crippen LogP contribution in [0.4, 0.5) is 11.6 Å². The first-order valence-electron chi connectivity index (χ1n) is 20.4. The third-order valence-electron chi connectivity index (χ3n) is 10.8. The number of amides is 1. The number of carbonyl (C=O) groups excluding carboxylic acids is 1. The van der Waals surface area contributed by atoms with Gasteiger partial charge in [0.1, 0.15) is 0 Å². The first-order chi connectivity index (χ1) is 30.8. The quantitative estimate of drug-likeness (QED) is 0.142. The normalized spacial score (nSPS) is 15.3. The second-order valence-corrected chi connectivity index (χ2v) is 15.0. The second kappa shape index (κ2) is 20.1. The average Bonchev–Trinajstić information content (AvgIpc) is 4.16. The summed E-state index contributed by atoms with van der Waals surface area (Å²) >= 11 is 0. The van der Waals surface area contributed by atoms with Crippen molar-refractivity contribution in [2.75, 3.05) is 36.0 Å². The lowest BCUT2D eigenvalue weighted by molar-refractivity contribution is 0.0689. The largest absolute Gasteiger partial charge is 0.476 e. The van der Waals surface area contributed by atoms with Crippen molar-refractivity contribution in [3.63, 3.8) is 0 Å². The zero-order chi connectivity index (χ0) is 43.7. The Morgan fingerprint density at radius 1 is 0.750 bits per heavy atom. The molecule has 0 unspecified atom stereocenters. The van der Waals surface area contributed by atoms with Crippen LogP contribution in [0.25, 0.3) is 27.3 Å². The van der Waals surface area contributed by atoms with E-state index in [2.05, 4.69) is 56.7 Å². The zero-order valence-electron chi connectivity index (χ0n) is 34.2. The number of nitrogens with one attached hydrogen (secondary N) is 1. The van der Waals surface area contributed by atoms with Crippen LogP contribution < -0.4 is 20.9 Å². The standard InChI is InChI=1S/C23H21N7O.C12H9N3O2.C11H14N4.CH4/c24-10-7-17-4-1-2-5-20(17)30-14-9-19(27-30)23(31)26-18-8-13-29(16-18)22-21-6-3-12-28(21)15-11-25-22;1-13-8-9-4-2-3-5-11(9)15-7-6-10(14-15)12(16)17;12-9-3-6-15(8-9)11-10-2-1-5-14(10)7-4-13-11;/h1-6,9,11-12,14-15,18H,7-8,13,16H2,(H,26,31);2-7H,8H2,(H,16,17);1-2,4-5,7,9H,3,6,8,12H2;1H4/t18-;;9-;/m0.0./s1. The maximum absolute atomic E-state index is 12.8. The summed E-state index contributed by atoms with van der Waals surface area (Å²) in [7, 11) is 0. The molecule has 4 N–H and O–H groups in total. The molecule has 0 spiro atoms. The minimum absolute atomic E-state index is 0. The number of hydrogen-bond donors (Lipinski definition) is 3. The van der Waals surface area contributed by atoms with Gasteiger partial charge in [-0.3, -0.25) is 4.79 Å². The monoisotopic (exact) mass is 856 g/mol. The molecule has 8 aromatic rings. The number of hydrogen-bond acceptors (Lipinski definition) is 10. The average molecular weight is 857 g/mol. The van der Waals surface area contributed by atoms with E-state index in [1.165, 1.54) is 10.7 Å². The molecule has 2 fully saturated rings. The van der Waals surface area contributed by atoms with Crippen LogP contribution >= 0.6 is 0 Å². The SMILES string of the molecule is C.N#CCc1ccccc1-n1ccc(C(=O)N[C@H]2CCN(c3nccn4cccc34)C2)n1.N[C@H]1CCN(c2nccn3cccc23)C1.[C-]#[N+]Cc1ccccc1-n1ccc(C(=O)O)n1. The van der Waals surface area contributed by atoms with Gasteiger partial charge in [0, 0.05) is 87.8 Å². The predicted octanol–water partition coefficient (Wildman–Crippen LogP) is 6.09. The number of fused-ring (bicyclic) bond motifs is 2. The molecule has 1 amide bonds. The molecule has 6 aromatic heterocycles. The van der Waals surface area contributed by atoms with E-state index >= 15 is 0 Å². The summed E-state index contributed by atoms with van der Waals surface area (Å²) in [6.07, 6.45) is 17.1. The highest BCUT2D eigenvalue weighted by atomic mass is 16.4. The summed E-state index contributed by atoms with van der Waals surface area (Å²) in [5.74, 6) is 0.724. The van der Waals surface area contributed by atoms with Gasteiger partial charge in [-0.2, -0.15) is 15.5 Å². The van der Waals surface area contributed by atoms with Crippen LogP contribution in [-0.4, -0.2) is 93.6 Å². The second-order valence-electron chi connectivity index (χ2n) is 15.0. The number of aromatic carboxylic acids is 1. The van der Waals surface area contributed by atoms with Crippen molar-refractivity contribution >= 4 is 34.5 Å². The maximum Gasteiger partial charge on any atom is 0.356 e. The molecule has 2 aliphatic rings. The van der Waals surface area contributed by atoms with Crippen molar-refractivity contribution in [3.05, 3.63) is 168 Å². The van der Waals surface area contributed by atoms with Crippen molar-refractivity contribution in [2.45, 2.75) is 45.3 Å². The molecular weight excluding hydrogens is 809 g/mol. The number of benzene rings is 2. The Bertz CT molecular complexity index is 2950. The Hall–Kier alpha value is -8.28. The third kappa shape index (κ3) is 9.75. The lowest BCUT2D eigenvalue weighted by atomic mass is 10.1. The van der Waals surface area contributed by atoms with Gasteiger partial charge in [-0.25, -0.2) is 30.7 Å². The highest BCUT2D eigenvalue weighted by Crippen LogP contribution is 2.25. The summed E-state index contributed by atoms with van der Waals surface area (Å²) in [4.78, 5) is 40.3. The predicted molar refractivity (Wildman–Crippen MR) is 244 cm³/mol. The van der Waals surface area contributed by atoms with Gasteiger partial charge in [0.25, 0.3) is 5.91 Å². The summed E-state index contributed by atoms with van der Waals surface area (Å²) in [5, 5.41) is 29.3. The Morgan fingerprint density at radius 2 is 1.31 bits per heavy atom. The van der Waals surface area contributed by atoms with Gasteiger partial charge in [-0.05, 0) is 73.0 Å². The number of nitrogens with zero attached hydrogens (tertiary/aromatic N) is 12. The summed E-state index contributed by atoms with van der Waals surface area (Å²) < 4.78 is 7.26. The molecule has 10 rings (SSSR count). The van der Waals surface area contributed by atoms with Gasteiger partial charge < -0.3 is 39.6 Å². The lowest BCUT2D eigenvalue weighted by Crippen LogP contribution is -2.37. The van der Waals surface area contributed by atoms with Crippen LogP contribution in [0.1, 0.15) is 52.4 Å². The van der Waals surface area contributed by atoms with Crippen molar-refractivity contribution in [1.82, 2.24) is 43.6 Å². The third-order valence-corrected chi connectivity index (χ3v) is 10.8. The van der Waals surface area contributed by atoms with Crippen LogP contribution in [-0.2, 0) is 13.0 Å². The molecule has 8 heterocycles. The molecule has 17 heteroatoms. The number of nitriles is 1. The van der Waals surface area contributed by atoms with Crippen molar-refractivity contribution < 1.29 is 14.7 Å². The van der Waals surface area contributed by atoms with Gasteiger partial charge in [-0.1, -0.05) is 37.8 Å². The van der Waals surface area contributed by atoms with E-state index in [0.717, 1.165) is 77.6 Å². The Morgan fingerprint density at radius 3 is 1.89 bits per heavy atom. The van der Waals surface area contributed by atoms with Crippen molar-refractivity contribution in [1.29, 1.82) is 5.26 Å². The summed E-state index contributed by atoms with van der Waals surface area (Å²) in [6.45, 7) is 10.6. The lowest BCUT2D eigenvalue weighted by Gasteiger charge is -2.18. The van der Waals surface area contributed by atoms with E-state index in [0.29, 0.717) is 18.3 Å². The highest BCUT2D eigenvalue weighted by molar-refractivity contribution is 5.92. The first-order valence-corrected chi connectivity index (χ1v) is 20.4. The van der Waals surface area contributed by atoms with Crippen LogP contribution in [0.3, 0.4) is 0 Å². The van der Waals surface area contributed by atoms with Gasteiger partial charge in [0.2, 0.25) is 6.54 Å². The number of aromatic nitrogens is 8. The number of anilines is 2. The van der Waals surface area contributed by atoms with E-state index in [4.69, 9.17) is 22.7 Å². The number of rotatable bonds is 9. The molecule has 0 radical (unpaired) electrons. The van der Waals surface area contributed by atoms with Gasteiger partial charge in [0.15, 0.2) is 23.0 Å². The Kier molecular flexibility index (Phi) is 13.7. The van der Waals surface area contributed by atoms with Crippen LogP contribution in [0.2, 0.25) is 0 Å². The highest BCUT2D eigenvalue weighted by Gasteiger charge is 2.27. The Labute approximate surface area is 370 Å². The number of nitrogens with two attached hydrogens (primary N) is 1. The summed E-state index contributed by atoms with van der Waals surface area (Å²) in [5.41, 5.74) is 11.7. The van der Waals surface area contributed by atoms with E-state index < -0.39 is 5.97 Å². The molecule has 0 bridgehead atoms.